The minimum Gasteiger partial charge on any atom is -0.492 e. The largest absolute Gasteiger partial charge is 0.492 e. The van der Waals surface area contributed by atoms with Crippen LogP contribution in [0.2, 0.25) is 0 Å². The summed E-state index contributed by atoms with van der Waals surface area (Å²) in [6.07, 6.45) is 1.96. The van der Waals surface area contributed by atoms with E-state index in [1.165, 1.54) is 0 Å². The van der Waals surface area contributed by atoms with Crippen LogP contribution in [-0.4, -0.2) is 7.11 Å². The molecule has 1 aliphatic carbocycles. The van der Waals surface area contributed by atoms with E-state index in [0.29, 0.717) is 0 Å². The number of hydrogen-bond acceptors (Lipinski definition) is 4. The average Bonchev–Trinajstić information content (AvgIpc) is 2.83. The molecule has 1 saturated carbocycles. The lowest BCUT2D eigenvalue weighted by Gasteiger charge is -2.13. The van der Waals surface area contributed by atoms with E-state index in [0.717, 1.165) is 57.6 Å². The van der Waals surface area contributed by atoms with Crippen molar-refractivity contribution in [2.24, 2.45) is 5.73 Å². The summed E-state index contributed by atoms with van der Waals surface area (Å²) in [5, 5.41) is 1.96. The normalized spacial score (nSPS) is 17.0. The molecule has 2 N–H and O–H groups in total. The average molecular weight is 271 g/mol. The minimum absolute atomic E-state index is 0.288. The standard InChI is InChI=1S/C16H17NO3/c1-8-6-10-12(16(17)4-5-16)13-11(7-9(2)19-13)14(18-3)15(10)20-8/h6-7H,4-5,17H2,1-3H3. The first kappa shape index (κ1) is 11.9. The maximum atomic E-state index is 6.47. The Balaban J connectivity index is 2.26. The second kappa shape index (κ2) is 3.58. The van der Waals surface area contributed by atoms with E-state index in [4.69, 9.17) is 19.3 Å². The van der Waals surface area contributed by atoms with E-state index in [1.54, 1.807) is 7.11 Å². The van der Waals surface area contributed by atoms with E-state index in [9.17, 15) is 0 Å². The van der Waals surface area contributed by atoms with Gasteiger partial charge in [-0.25, -0.2) is 0 Å². The van der Waals surface area contributed by atoms with Gasteiger partial charge in [-0.3, -0.25) is 0 Å². The van der Waals surface area contributed by atoms with Gasteiger partial charge in [0.2, 0.25) is 0 Å². The van der Waals surface area contributed by atoms with Gasteiger partial charge in [-0.1, -0.05) is 0 Å². The van der Waals surface area contributed by atoms with Crippen molar-refractivity contribution in [2.75, 3.05) is 7.11 Å². The van der Waals surface area contributed by atoms with Crippen LogP contribution >= 0.6 is 0 Å². The van der Waals surface area contributed by atoms with Crippen LogP contribution in [-0.2, 0) is 5.54 Å². The summed E-state index contributed by atoms with van der Waals surface area (Å²) in [5.74, 6) is 2.44. The first-order valence-corrected chi connectivity index (χ1v) is 6.83. The third kappa shape index (κ3) is 1.40. The molecule has 2 aromatic heterocycles. The molecule has 0 saturated heterocycles. The minimum atomic E-state index is -0.288. The Bertz CT molecular complexity index is 779. The number of hydrogen-bond donors (Lipinski definition) is 1. The fourth-order valence-corrected chi connectivity index (χ4v) is 3.06. The predicted octanol–water partition coefficient (Wildman–Crippen LogP) is 3.75. The summed E-state index contributed by atoms with van der Waals surface area (Å²) in [4.78, 5) is 0. The van der Waals surface area contributed by atoms with E-state index in [1.807, 2.05) is 26.0 Å². The third-order valence-electron chi connectivity index (χ3n) is 4.15. The molecule has 0 aliphatic heterocycles. The molecule has 2 heterocycles. The number of methoxy groups -OCH3 is 1. The van der Waals surface area contributed by atoms with Crippen LogP contribution in [0.25, 0.3) is 21.9 Å². The first-order chi connectivity index (χ1) is 9.53. The van der Waals surface area contributed by atoms with Gasteiger partial charge in [0.25, 0.3) is 0 Å². The van der Waals surface area contributed by atoms with Gasteiger partial charge in [0.15, 0.2) is 11.3 Å². The molecule has 1 aromatic carbocycles. The Morgan fingerprint density at radius 1 is 1.05 bits per heavy atom. The number of ether oxygens (including phenoxy) is 1. The van der Waals surface area contributed by atoms with Crippen LogP contribution in [0.4, 0.5) is 0 Å². The maximum Gasteiger partial charge on any atom is 0.177 e. The Labute approximate surface area is 116 Å². The molecule has 0 amide bonds. The van der Waals surface area contributed by atoms with Crippen molar-refractivity contribution in [1.82, 2.24) is 0 Å². The lowest BCUT2D eigenvalue weighted by Crippen LogP contribution is -2.19. The van der Waals surface area contributed by atoms with Crippen LogP contribution in [0.3, 0.4) is 0 Å². The molecule has 20 heavy (non-hydrogen) atoms. The molecular formula is C16H17NO3. The third-order valence-corrected chi connectivity index (χ3v) is 4.15. The highest BCUT2D eigenvalue weighted by Crippen LogP contribution is 2.52. The van der Waals surface area contributed by atoms with Gasteiger partial charge < -0.3 is 19.3 Å². The lowest BCUT2D eigenvalue weighted by atomic mass is 9.98. The summed E-state index contributed by atoms with van der Waals surface area (Å²) in [7, 11) is 1.66. The van der Waals surface area contributed by atoms with Gasteiger partial charge in [-0.15, -0.1) is 0 Å². The molecule has 0 atom stereocenters. The number of benzene rings is 1. The molecule has 0 spiro atoms. The zero-order chi connectivity index (χ0) is 14.1. The molecule has 0 bridgehead atoms. The lowest BCUT2D eigenvalue weighted by molar-refractivity contribution is 0.413. The van der Waals surface area contributed by atoms with Crippen molar-refractivity contribution >= 4 is 21.9 Å². The van der Waals surface area contributed by atoms with Crippen LogP contribution in [0.1, 0.15) is 29.9 Å². The summed E-state index contributed by atoms with van der Waals surface area (Å²) >= 11 is 0. The summed E-state index contributed by atoms with van der Waals surface area (Å²) in [6.45, 7) is 3.87. The zero-order valence-corrected chi connectivity index (χ0v) is 11.9. The highest BCUT2D eigenvalue weighted by atomic mass is 16.5. The quantitative estimate of drug-likeness (QED) is 0.771. The number of aryl methyl sites for hydroxylation is 2. The fraction of sp³-hybridized carbons (Fsp3) is 0.375. The predicted molar refractivity (Wildman–Crippen MR) is 77.1 cm³/mol. The van der Waals surface area contributed by atoms with Crippen molar-refractivity contribution in [3.05, 3.63) is 29.2 Å². The first-order valence-electron chi connectivity index (χ1n) is 6.83. The summed E-state index contributed by atoms with van der Waals surface area (Å²) in [5.41, 5.74) is 8.85. The summed E-state index contributed by atoms with van der Waals surface area (Å²) < 4.78 is 17.3. The summed E-state index contributed by atoms with van der Waals surface area (Å²) in [6, 6.07) is 4.01. The van der Waals surface area contributed by atoms with Crippen molar-refractivity contribution < 1.29 is 13.6 Å². The van der Waals surface area contributed by atoms with Crippen molar-refractivity contribution in [3.8, 4) is 5.75 Å². The number of furan rings is 2. The molecule has 0 radical (unpaired) electrons. The van der Waals surface area contributed by atoms with Crippen LogP contribution in [0, 0.1) is 13.8 Å². The van der Waals surface area contributed by atoms with E-state index < -0.39 is 0 Å². The molecule has 1 aliphatic rings. The van der Waals surface area contributed by atoms with Crippen molar-refractivity contribution in [3.63, 3.8) is 0 Å². The van der Waals surface area contributed by atoms with Gasteiger partial charge in [-0.2, -0.15) is 0 Å². The highest BCUT2D eigenvalue weighted by molar-refractivity contribution is 6.05. The Hall–Kier alpha value is -1.94. The second-order valence-electron chi connectivity index (χ2n) is 5.76. The molecular weight excluding hydrogens is 254 g/mol. The SMILES string of the molecule is COc1c2cc(C)oc2c(C2(N)CC2)c2cc(C)oc12. The van der Waals surface area contributed by atoms with Crippen LogP contribution < -0.4 is 10.5 Å². The molecule has 1 fully saturated rings. The highest BCUT2D eigenvalue weighted by Gasteiger charge is 2.44. The zero-order valence-electron chi connectivity index (χ0n) is 11.9. The van der Waals surface area contributed by atoms with Gasteiger partial charge in [0.1, 0.15) is 17.1 Å². The Morgan fingerprint density at radius 3 is 2.25 bits per heavy atom. The van der Waals surface area contributed by atoms with Crippen LogP contribution in [0.15, 0.2) is 21.0 Å². The smallest absolute Gasteiger partial charge is 0.177 e. The molecule has 0 unspecified atom stereocenters. The second-order valence-corrected chi connectivity index (χ2v) is 5.76. The van der Waals surface area contributed by atoms with Gasteiger partial charge in [0, 0.05) is 16.5 Å². The fourth-order valence-electron chi connectivity index (χ4n) is 3.06. The van der Waals surface area contributed by atoms with Crippen molar-refractivity contribution in [1.29, 1.82) is 0 Å². The van der Waals surface area contributed by atoms with Gasteiger partial charge >= 0.3 is 0 Å². The molecule has 4 nitrogen and oxygen atoms in total. The molecule has 4 rings (SSSR count). The molecule has 3 aromatic rings. The monoisotopic (exact) mass is 271 g/mol. The van der Waals surface area contributed by atoms with Gasteiger partial charge in [-0.05, 0) is 38.8 Å². The number of fused-ring (bicyclic) bond motifs is 2. The number of nitrogens with two attached hydrogens (primary N) is 1. The van der Waals surface area contributed by atoms with Crippen LogP contribution in [0.5, 0.6) is 5.75 Å². The Kier molecular flexibility index (Phi) is 2.12. The van der Waals surface area contributed by atoms with Crippen molar-refractivity contribution in [2.45, 2.75) is 32.2 Å². The molecule has 104 valence electrons. The van der Waals surface area contributed by atoms with E-state index >= 15 is 0 Å². The van der Waals surface area contributed by atoms with E-state index in [-0.39, 0.29) is 5.54 Å². The number of rotatable bonds is 2. The topological polar surface area (TPSA) is 61.5 Å². The Morgan fingerprint density at radius 2 is 1.65 bits per heavy atom. The van der Waals surface area contributed by atoms with Gasteiger partial charge in [0.05, 0.1) is 12.5 Å². The van der Waals surface area contributed by atoms with E-state index in [2.05, 4.69) is 0 Å². The molecule has 4 heteroatoms. The maximum absolute atomic E-state index is 6.47.